The maximum absolute atomic E-state index is 11.4. The van der Waals surface area contributed by atoms with Gasteiger partial charge in [-0.15, -0.1) is 0 Å². The fourth-order valence-corrected chi connectivity index (χ4v) is 3.79. The van der Waals surface area contributed by atoms with Gasteiger partial charge in [0.2, 0.25) is 5.76 Å². The summed E-state index contributed by atoms with van der Waals surface area (Å²) in [5.41, 5.74) is 0. The van der Waals surface area contributed by atoms with Crippen LogP contribution in [-0.4, -0.2) is 46.7 Å². The van der Waals surface area contributed by atoms with E-state index in [4.69, 9.17) is 14.6 Å². The van der Waals surface area contributed by atoms with Crippen LogP contribution >= 0.6 is 0 Å². The van der Waals surface area contributed by atoms with Gasteiger partial charge in [-0.2, -0.15) is 0 Å². The van der Waals surface area contributed by atoms with Gasteiger partial charge in [-0.05, 0) is 6.42 Å². The van der Waals surface area contributed by atoms with Crippen LogP contribution < -0.4 is 0 Å². The molecule has 0 fully saturated rings. The molecule has 3 N–H and O–H groups in total. The summed E-state index contributed by atoms with van der Waals surface area (Å²) in [4.78, 5) is 11.4. The Morgan fingerprint density at radius 2 is 1.27 bits per heavy atom. The van der Waals surface area contributed by atoms with Crippen molar-refractivity contribution in [1.82, 2.24) is 0 Å². The second-order valence-corrected chi connectivity index (χ2v) is 8.44. The maximum atomic E-state index is 11.4. The van der Waals surface area contributed by atoms with Crippen molar-refractivity contribution in [1.29, 1.82) is 0 Å². The minimum atomic E-state index is -1.29. The van der Waals surface area contributed by atoms with E-state index < -0.39 is 30.5 Å². The lowest BCUT2D eigenvalue weighted by Gasteiger charge is -2.18. The molecule has 6 heteroatoms. The first kappa shape index (κ1) is 26.8. The summed E-state index contributed by atoms with van der Waals surface area (Å²) in [5.74, 6) is -1.60. The molecule has 1 aliphatic rings. The summed E-state index contributed by atoms with van der Waals surface area (Å²) in [7, 11) is 0. The Labute approximate surface area is 182 Å². The van der Waals surface area contributed by atoms with Crippen LogP contribution in [0.5, 0.6) is 0 Å². The zero-order valence-electron chi connectivity index (χ0n) is 18.9. The Bertz CT molecular complexity index is 476. The predicted octanol–water partition coefficient (Wildman–Crippen LogP) is 5.31. The smallest absolute Gasteiger partial charge is 0.378 e. The van der Waals surface area contributed by atoms with Crippen molar-refractivity contribution < 1.29 is 29.6 Å². The second-order valence-electron chi connectivity index (χ2n) is 8.44. The van der Waals surface area contributed by atoms with Crippen LogP contribution in [0, 0.1) is 0 Å². The largest absolute Gasteiger partial charge is 0.499 e. The van der Waals surface area contributed by atoms with E-state index in [0.717, 1.165) is 19.3 Å². The van der Waals surface area contributed by atoms with Gasteiger partial charge < -0.3 is 24.8 Å². The minimum Gasteiger partial charge on any atom is -0.499 e. The first-order valence-corrected chi connectivity index (χ1v) is 12.2. The molecule has 1 unspecified atom stereocenters. The van der Waals surface area contributed by atoms with Crippen molar-refractivity contribution in [2.75, 3.05) is 13.2 Å². The quantitative estimate of drug-likeness (QED) is 0.180. The number of cyclic esters (lactones) is 1. The first-order chi connectivity index (χ1) is 14.6. The van der Waals surface area contributed by atoms with E-state index in [0.29, 0.717) is 6.61 Å². The fourth-order valence-electron chi connectivity index (χ4n) is 3.79. The van der Waals surface area contributed by atoms with Gasteiger partial charge in [0.25, 0.3) is 0 Å². The number of esters is 1. The zero-order valence-corrected chi connectivity index (χ0v) is 18.9. The number of aliphatic hydroxyl groups excluding tert-OH is 3. The van der Waals surface area contributed by atoms with Crippen LogP contribution in [0.4, 0.5) is 0 Å². The second kappa shape index (κ2) is 17.4. The average Bonchev–Trinajstić information content (AvgIpc) is 3.03. The highest BCUT2D eigenvalue weighted by Gasteiger charge is 2.40. The van der Waals surface area contributed by atoms with Crippen LogP contribution in [-0.2, 0) is 14.3 Å². The number of rotatable bonds is 20. The maximum Gasteiger partial charge on any atom is 0.378 e. The molecule has 0 saturated heterocycles. The summed E-state index contributed by atoms with van der Waals surface area (Å²) in [5, 5.41) is 28.4. The van der Waals surface area contributed by atoms with Gasteiger partial charge >= 0.3 is 5.97 Å². The summed E-state index contributed by atoms with van der Waals surface area (Å²) < 4.78 is 10.3. The number of unbranched alkanes of at least 4 members (excludes halogenated alkanes) is 15. The summed E-state index contributed by atoms with van der Waals surface area (Å²) in [6.45, 7) is 2.04. The standard InChI is InChI=1S/C24H44O6/c1-2-3-4-5-6-7-8-9-10-11-12-13-14-15-16-17-18-29-23-21(27)24(28)30-22(23)20(26)19-25/h20,22,25-27H,2-19H2,1H3/t20-,22?/m0/s1. The molecule has 6 nitrogen and oxygen atoms in total. The molecule has 176 valence electrons. The van der Waals surface area contributed by atoms with Crippen LogP contribution in [0.15, 0.2) is 11.5 Å². The predicted molar refractivity (Wildman–Crippen MR) is 118 cm³/mol. The first-order valence-electron chi connectivity index (χ1n) is 12.2. The van der Waals surface area contributed by atoms with Crippen molar-refractivity contribution in [3.05, 3.63) is 11.5 Å². The van der Waals surface area contributed by atoms with Gasteiger partial charge in [0.15, 0.2) is 11.9 Å². The van der Waals surface area contributed by atoms with Crippen LogP contribution in [0.2, 0.25) is 0 Å². The van der Waals surface area contributed by atoms with Gasteiger partial charge in [0.05, 0.1) is 13.2 Å². The van der Waals surface area contributed by atoms with Crippen molar-refractivity contribution in [2.45, 2.75) is 122 Å². The molecule has 0 amide bonds. The van der Waals surface area contributed by atoms with Gasteiger partial charge in [-0.25, -0.2) is 4.79 Å². The number of carbonyl (C=O) groups excluding carboxylic acids is 1. The molecule has 2 atom stereocenters. The molecule has 0 aliphatic carbocycles. The van der Waals surface area contributed by atoms with Crippen LogP contribution in [0.3, 0.4) is 0 Å². The highest BCUT2D eigenvalue weighted by molar-refractivity contribution is 5.89. The normalized spacial score (nSPS) is 17.4. The molecule has 0 bridgehead atoms. The molecule has 1 aliphatic heterocycles. The number of ether oxygens (including phenoxy) is 2. The summed E-state index contributed by atoms with van der Waals surface area (Å²) in [6, 6.07) is 0. The molecular weight excluding hydrogens is 384 g/mol. The molecule has 0 aromatic carbocycles. The molecule has 0 saturated carbocycles. The lowest BCUT2D eigenvalue weighted by molar-refractivity contribution is -0.148. The number of aliphatic hydroxyl groups is 3. The Hall–Kier alpha value is -1.27. The van der Waals surface area contributed by atoms with Crippen molar-refractivity contribution in [2.24, 2.45) is 0 Å². The average molecular weight is 429 g/mol. The van der Waals surface area contributed by atoms with Gasteiger partial charge in [-0.3, -0.25) is 0 Å². The lowest BCUT2D eigenvalue weighted by Crippen LogP contribution is -2.32. The SMILES string of the molecule is CCCCCCCCCCCCCCCCCCOC1=C(O)C(=O)OC1[C@@H](O)CO. The van der Waals surface area contributed by atoms with Crippen molar-refractivity contribution >= 4 is 5.97 Å². The van der Waals surface area contributed by atoms with E-state index in [1.165, 1.54) is 83.5 Å². The molecule has 0 spiro atoms. The Morgan fingerprint density at radius 1 is 0.833 bits per heavy atom. The minimum absolute atomic E-state index is 0.0671. The zero-order chi connectivity index (χ0) is 22.0. The van der Waals surface area contributed by atoms with E-state index in [1.807, 2.05) is 0 Å². The van der Waals surface area contributed by atoms with Gasteiger partial charge in [-0.1, -0.05) is 103 Å². The molecule has 30 heavy (non-hydrogen) atoms. The Kier molecular flexibility index (Phi) is 15.5. The van der Waals surface area contributed by atoms with Crippen molar-refractivity contribution in [3.63, 3.8) is 0 Å². The number of hydrogen-bond acceptors (Lipinski definition) is 6. The van der Waals surface area contributed by atoms with E-state index >= 15 is 0 Å². The third-order valence-electron chi connectivity index (χ3n) is 5.71. The lowest BCUT2D eigenvalue weighted by atomic mass is 10.0. The third-order valence-corrected chi connectivity index (χ3v) is 5.71. The molecular formula is C24H44O6. The van der Waals surface area contributed by atoms with E-state index in [2.05, 4.69) is 6.92 Å². The highest BCUT2D eigenvalue weighted by Crippen LogP contribution is 2.25. The van der Waals surface area contributed by atoms with E-state index in [-0.39, 0.29) is 5.76 Å². The number of carbonyl (C=O) groups is 1. The fraction of sp³-hybridized carbons (Fsp3) is 0.875. The summed E-state index contributed by atoms with van der Waals surface area (Å²) in [6.07, 6.45) is 18.2. The Morgan fingerprint density at radius 3 is 1.70 bits per heavy atom. The molecule has 1 heterocycles. The summed E-state index contributed by atoms with van der Waals surface area (Å²) >= 11 is 0. The molecule has 0 aromatic rings. The van der Waals surface area contributed by atoms with E-state index in [9.17, 15) is 15.0 Å². The highest BCUT2D eigenvalue weighted by atomic mass is 16.6. The topological polar surface area (TPSA) is 96.2 Å². The van der Waals surface area contributed by atoms with Crippen LogP contribution in [0.25, 0.3) is 0 Å². The van der Waals surface area contributed by atoms with Crippen LogP contribution in [0.1, 0.15) is 110 Å². The van der Waals surface area contributed by atoms with Gasteiger partial charge in [0.1, 0.15) is 6.10 Å². The number of hydrogen-bond donors (Lipinski definition) is 3. The monoisotopic (exact) mass is 428 g/mol. The molecule has 1 rings (SSSR count). The van der Waals surface area contributed by atoms with E-state index in [1.54, 1.807) is 0 Å². The Balaban J connectivity index is 1.90. The molecule has 0 aromatic heterocycles. The third kappa shape index (κ3) is 11.2. The molecule has 0 radical (unpaired) electrons. The van der Waals surface area contributed by atoms with Gasteiger partial charge in [0, 0.05) is 0 Å². The van der Waals surface area contributed by atoms with Crippen molar-refractivity contribution in [3.8, 4) is 0 Å².